The van der Waals surface area contributed by atoms with E-state index in [1.54, 1.807) is 0 Å². The Morgan fingerprint density at radius 3 is 2.39 bits per heavy atom. The largest absolute Gasteiger partial charge is 0.349 e. The highest BCUT2D eigenvalue weighted by molar-refractivity contribution is 7.15. The minimum Gasteiger partial charge on any atom is -0.349 e. The van der Waals surface area contributed by atoms with Crippen molar-refractivity contribution < 1.29 is 0 Å². The average Bonchev–Trinajstić information content (AvgIpc) is 2.68. The van der Waals surface area contributed by atoms with E-state index in [1.165, 1.54) is 10.6 Å². The predicted octanol–water partition coefficient (Wildman–Crippen LogP) is 3.39. The molecule has 1 heterocycles. The standard InChI is InChI=1S/C14H27N3S/c1-8-15-9-11-12(14(4,5)6)16-13(18-11)17(7)10(2)3/h10,15H,8-9H2,1-7H3. The van der Waals surface area contributed by atoms with Crippen LogP contribution in [0.1, 0.15) is 52.1 Å². The average molecular weight is 269 g/mol. The molecule has 0 amide bonds. The van der Waals surface area contributed by atoms with Crippen molar-refractivity contribution in [3.05, 3.63) is 10.6 Å². The quantitative estimate of drug-likeness (QED) is 0.888. The van der Waals surface area contributed by atoms with E-state index in [-0.39, 0.29) is 5.41 Å². The van der Waals surface area contributed by atoms with Crippen LogP contribution in [0.2, 0.25) is 0 Å². The van der Waals surface area contributed by atoms with E-state index >= 15 is 0 Å². The van der Waals surface area contributed by atoms with E-state index in [2.05, 4.69) is 58.8 Å². The number of thiazole rings is 1. The van der Waals surface area contributed by atoms with Gasteiger partial charge < -0.3 is 10.2 Å². The summed E-state index contributed by atoms with van der Waals surface area (Å²) in [4.78, 5) is 8.47. The Morgan fingerprint density at radius 1 is 1.33 bits per heavy atom. The number of aromatic nitrogens is 1. The van der Waals surface area contributed by atoms with Crippen molar-refractivity contribution in [3.8, 4) is 0 Å². The number of nitrogens with zero attached hydrogens (tertiary/aromatic N) is 2. The molecule has 0 aliphatic carbocycles. The maximum atomic E-state index is 4.86. The van der Waals surface area contributed by atoms with Gasteiger partial charge in [-0.3, -0.25) is 0 Å². The van der Waals surface area contributed by atoms with Gasteiger partial charge in [-0.15, -0.1) is 11.3 Å². The number of rotatable bonds is 5. The summed E-state index contributed by atoms with van der Waals surface area (Å²) in [6.07, 6.45) is 0. The van der Waals surface area contributed by atoms with E-state index in [0.29, 0.717) is 6.04 Å². The van der Waals surface area contributed by atoms with Crippen LogP contribution in [0.3, 0.4) is 0 Å². The lowest BCUT2D eigenvalue weighted by atomic mass is 9.91. The molecule has 0 aromatic carbocycles. The molecule has 0 unspecified atom stereocenters. The van der Waals surface area contributed by atoms with Crippen LogP contribution in [0.25, 0.3) is 0 Å². The van der Waals surface area contributed by atoms with Crippen LogP contribution >= 0.6 is 11.3 Å². The van der Waals surface area contributed by atoms with Gasteiger partial charge in [0.2, 0.25) is 0 Å². The van der Waals surface area contributed by atoms with Crippen LogP contribution < -0.4 is 10.2 Å². The lowest BCUT2D eigenvalue weighted by Gasteiger charge is -2.20. The van der Waals surface area contributed by atoms with Crippen molar-refractivity contribution in [1.29, 1.82) is 0 Å². The molecule has 3 nitrogen and oxygen atoms in total. The van der Waals surface area contributed by atoms with Gasteiger partial charge in [0.15, 0.2) is 5.13 Å². The van der Waals surface area contributed by atoms with Crippen LogP contribution in [0, 0.1) is 0 Å². The lowest BCUT2D eigenvalue weighted by Crippen LogP contribution is -2.25. The first-order valence-electron chi connectivity index (χ1n) is 6.71. The second kappa shape index (κ2) is 6.02. The van der Waals surface area contributed by atoms with Crippen molar-refractivity contribution >= 4 is 16.5 Å². The fourth-order valence-electron chi connectivity index (χ4n) is 1.66. The molecule has 18 heavy (non-hydrogen) atoms. The van der Waals surface area contributed by atoms with Crippen LogP contribution in [0.15, 0.2) is 0 Å². The van der Waals surface area contributed by atoms with Crippen molar-refractivity contribution in [2.45, 2.75) is 59.5 Å². The zero-order chi connectivity index (χ0) is 13.9. The molecule has 4 heteroatoms. The third-order valence-corrected chi connectivity index (χ3v) is 4.15. The summed E-state index contributed by atoms with van der Waals surface area (Å²) < 4.78 is 0. The van der Waals surface area contributed by atoms with E-state index in [0.717, 1.165) is 18.2 Å². The van der Waals surface area contributed by atoms with Gasteiger partial charge in [0.05, 0.1) is 5.69 Å². The smallest absolute Gasteiger partial charge is 0.185 e. The van der Waals surface area contributed by atoms with Gasteiger partial charge in [-0.1, -0.05) is 27.7 Å². The first-order chi connectivity index (χ1) is 8.27. The third kappa shape index (κ3) is 3.69. The molecule has 0 saturated heterocycles. The normalized spacial score (nSPS) is 12.2. The minimum atomic E-state index is 0.108. The molecule has 1 rings (SSSR count). The molecule has 1 aromatic rings. The Bertz CT molecular complexity index is 377. The van der Waals surface area contributed by atoms with Crippen molar-refractivity contribution in [1.82, 2.24) is 10.3 Å². The van der Waals surface area contributed by atoms with Gasteiger partial charge in [0, 0.05) is 29.9 Å². The molecule has 0 aliphatic heterocycles. The lowest BCUT2D eigenvalue weighted by molar-refractivity contribution is 0.560. The van der Waals surface area contributed by atoms with E-state index in [4.69, 9.17) is 4.98 Å². The molecule has 1 aromatic heterocycles. The summed E-state index contributed by atoms with van der Waals surface area (Å²) in [7, 11) is 2.12. The highest BCUT2D eigenvalue weighted by Crippen LogP contribution is 2.33. The molecule has 104 valence electrons. The summed E-state index contributed by atoms with van der Waals surface area (Å²) in [6.45, 7) is 15.1. The molecule has 0 fully saturated rings. The molecule has 0 aliphatic rings. The Kier molecular flexibility index (Phi) is 5.17. The highest BCUT2D eigenvalue weighted by Gasteiger charge is 2.24. The Balaban J connectivity index is 3.07. The molecule has 0 radical (unpaired) electrons. The Morgan fingerprint density at radius 2 is 1.94 bits per heavy atom. The van der Waals surface area contributed by atoms with Crippen LogP contribution in [0.4, 0.5) is 5.13 Å². The zero-order valence-electron chi connectivity index (χ0n) is 12.8. The summed E-state index contributed by atoms with van der Waals surface area (Å²) >= 11 is 1.82. The zero-order valence-corrected chi connectivity index (χ0v) is 13.6. The van der Waals surface area contributed by atoms with E-state index < -0.39 is 0 Å². The molecular formula is C14H27N3S. The first kappa shape index (κ1) is 15.4. The van der Waals surface area contributed by atoms with E-state index in [9.17, 15) is 0 Å². The predicted molar refractivity (Wildman–Crippen MR) is 81.7 cm³/mol. The maximum absolute atomic E-state index is 4.86. The van der Waals surface area contributed by atoms with Crippen LogP contribution in [0.5, 0.6) is 0 Å². The van der Waals surface area contributed by atoms with Gasteiger partial charge in [-0.25, -0.2) is 4.98 Å². The summed E-state index contributed by atoms with van der Waals surface area (Å²) in [5.41, 5.74) is 1.34. The molecule has 0 atom stereocenters. The number of hydrogen-bond acceptors (Lipinski definition) is 4. The van der Waals surface area contributed by atoms with Gasteiger partial charge in [-0.2, -0.15) is 0 Å². The number of anilines is 1. The monoisotopic (exact) mass is 269 g/mol. The van der Waals surface area contributed by atoms with E-state index in [1.807, 2.05) is 11.3 Å². The number of hydrogen-bond donors (Lipinski definition) is 1. The van der Waals surface area contributed by atoms with Gasteiger partial charge in [0.1, 0.15) is 0 Å². The van der Waals surface area contributed by atoms with Crippen LogP contribution in [-0.4, -0.2) is 24.6 Å². The highest BCUT2D eigenvalue weighted by atomic mass is 32.1. The minimum absolute atomic E-state index is 0.108. The molecule has 0 saturated carbocycles. The fraction of sp³-hybridized carbons (Fsp3) is 0.786. The third-order valence-electron chi connectivity index (χ3n) is 3.01. The SMILES string of the molecule is CCNCc1sc(N(C)C(C)C)nc1C(C)(C)C. The van der Waals surface area contributed by atoms with Crippen molar-refractivity contribution in [3.63, 3.8) is 0 Å². The van der Waals surface area contributed by atoms with Gasteiger partial charge in [-0.05, 0) is 20.4 Å². The molecular weight excluding hydrogens is 242 g/mol. The Labute approximate surface area is 116 Å². The van der Waals surface area contributed by atoms with Crippen LogP contribution in [-0.2, 0) is 12.0 Å². The summed E-state index contributed by atoms with van der Waals surface area (Å²) in [5.74, 6) is 0. The first-order valence-corrected chi connectivity index (χ1v) is 7.52. The maximum Gasteiger partial charge on any atom is 0.185 e. The summed E-state index contributed by atoms with van der Waals surface area (Å²) in [5, 5.41) is 4.54. The topological polar surface area (TPSA) is 28.2 Å². The molecule has 0 spiro atoms. The molecule has 0 bridgehead atoms. The fourth-order valence-corrected chi connectivity index (χ4v) is 2.99. The number of nitrogens with one attached hydrogen (secondary N) is 1. The second-order valence-electron chi connectivity index (χ2n) is 6.00. The van der Waals surface area contributed by atoms with Gasteiger partial charge in [0.25, 0.3) is 0 Å². The summed E-state index contributed by atoms with van der Waals surface area (Å²) in [6, 6.07) is 0.482. The van der Waals surface area contributed by atoms with Gasteiger partial charge >= 0.3 is 0 Å². The Hall–Kier alpha value is -0.610. The molecule has 1 N–H and O–H groups in total. The van der Waals surface area contributed by atoms with Crippen molar-refractivity contribution in [2.24, 2.45) is 0 Å². The van der Waals surface area contributed by atoms with Crippen molar-refractivity contribution in [2.75, 3.05) is 18.5 Å². The second-order valence-corrected chi connectivity index (χ2v) is 7.07.